The van der Waals surface area contributed by atoms with Crippen molar-refractivity contribution in [1.82, 2.24) is 9.55 Å². The van der Waals surface area contributed by atoms with E-state index in [1.165, 1.54) is 0 Å². The molecule has 1 aromatic carbocycles. The number of methoxy groups -OCH3 is 1. The lowest BCUT2D eigenvalue weighted by Crippen LogP contribution is -2.05. The normalized spacial score (nSPS) is 11.3. The highest BCUT2D eigenvalue weighted by Gasteiger charge is 2.10. The number of fused-ring (bicyclic) bond motifs is 1. The van der Waals surface area contributed by atoms with E-state index >= 15 is 0 Å². The minimum absolute atomic E-state index is 0.584. The van der Waals surface area contributed by atoms with Crippen LogP contribution in [0.25, 0.3) is 11.0 Å². The number of nitrogens with zero attached hydrogens (tertiary/aromatic N) is 2. The number of hydrogen-bond donors (Lipinski definition) is 0. The van der Waals surface area contributed by atoms with Crippen LogP contribution in [-0.4, -0.2) is 29.1 Å². The molecule has 0 bridgehead atoms. The van der Waals surface area contributed by atoms with Gasteiger partial charge in [0.05, 0.1) is 11.0 Å². The number of aryl methyl sites for hydroxylation is 2. The topological polar surface area (TPSA) is 27.1 Å². The summed E-state index contributed by atoms with van der Waals surface area (Å²) in [5.41, 5.74) is 2.09. The molecule has 20 heavy (non-hydrogen) atoms. The second kappa shape index (κ2) is 7.87. The monoisotopic (exact) mass is 314 g/mol. The van der Waals surface area contributed by atoms with Crippen LogP contribution in [0.2, 0.25) is 5.02 Å². The van der Waals surface area contributed by atoms with Crippen LogP contribution >= 0.6 is 23.2 Å². The van der Waals surface area contributed by atoms with E-state index in [1.54, 1.807) is 7.11 Å². The van der Waals surface area contributed by atoms with Gasteiger partial charge in [0, 0.05) is 37.6 Å². The van der Waals surface area contributed by atoms with Gasteiger partial charge in [0.15, 0.2) is 0 Å². The number of halogens is 2. The Morgan fingerprint density at radius 2 is 2.10 bits per heavy atom. The number of ether oxygens (including phenoxy) is 1. The van der Waals surface area contributed by atoms with Crippen molar-refractivity contribution in [3.05, 3.63) is 29.0 Å². The minimum Gasteiger partial charge on any atom is -0.385 e. The fraction of sp³-hybridized carbons (Fsp3) is 0.533. The highest BCUT2D eigenvalue weighted by Crippen LogP contribution is 2.22. The third-order valence-corrected chi connectivity index (χ3v) is 3.76. The Bertz CT molecular complexity index is 554. The van der Waals surface area contributed by atoms with E-state index in [-0.39, 0.29) is 0 Å². The van der Waals surface area contributed by atoms with Crippen LogP contribution in [0.1, 0.15) is 25.1 Å². The van der Waals surface area contributed by atoms with Crippen molar-refractivity contribution in [3.8, 4) is 0 Å². The number of aromatic nitrogens is 2. The minimum atomic E-state index is 0.584. The average Bonchev–Trinajstić information content (AvgIpc) is 2.76. The molecule has 2 aromatic rings. The molecule has 1 aromatic heterocycles. The lowest BCUT2D eigenvalue weighted by molar-refractivity contribution is 0.191. The third kappa shape index (κ3) is 3.87. The van der Waals surface area contributed by atoms with Crippen LogP contribution in [-0.2, 0) is 17.7 Å². The summed E-state index contributed by atoms with van der Waals surface area (Å²) in [5.74, 6) is 1.63. The smallest absolute Gasteiger partial charge is 0.111 e. The molecule has 1 heterocycles. The summed E-state index contributed by atoms with van der Waals surface area (Å²) in [7, 11) is 1.74. The largest absolute Gasteiger partial charge is 0.385 e. The van der Waals surface area contributed by atoms with Crippen molar-refractivity contribution in [2.45, 2.75) is 32.2 Å². The summed E-state index contributed by atoms with van der Waals surface area (Å²) >= 11 is 11.9. The SMILES string of the molecule is COCCCCCn1c(CCCl)nc2cc(Cl)ccc21. The Morgan fingerprint density at radius 3 is 2.85 bits per heavy atom. The van der Waals surface area contributed by atoms with Crippen molar-refractivity contribution >= 4 is 34.2 Å². The number of alkyl halides is 1. The molecule has 0 spiro atoms. The van der Waals surface area contributed by atoms with Gasteiger partial charge in [-0.1, -0.05) is 11.6 Å². The van der Waals surface area contributed by atoms with E-state index in [0.717, 1.165) is 60.7 Å². The Morgan fingerprint density at radius 1 is 1.25 bits per heavy atom. The van der Waals surface area contributed by atoms with Crippen molar-refractivity contribution in [1.29, 1.82) is 0 Å². The molecule has 5 heteroatoms. The molecule has 0 N–H and O–H groups in total. The number of imidazole rings is 1. The van der Waals surface area contributed by atoms with Gasteiger partial charge in [0.1, 0.15) is 5.82 Å². The molecule has 0 aliphatic carbocycles. The predicted octanol–water partition coefficient (Wildman–Crippen LogP) is 4.29. The maximum Gasteiger partial charge on any atom is 0.111 e. The lowest BCUT2D eigenvalue weighted by Gasteiger charge is -2.08. The van der Waals surface area contributed by atoms with Crippen LogP contribution in [0.3, 0.4) is 0 Å². The fourth-order valence-corrected chi connectivity index (χ4v) is 2.71. The Labute approximate surface area is 129 Å². The third-order valence-electron chi connectivity index (χ3n) is 3.34. The summed E-state index contributed by atoms with van der Waals surface area (Å²) in [5, 5.41) is 0.722. The summed E-state index contributed by atoms with van der Waals surface area (Å²) < 4.78 is 7.34. The van der Waals surface area contributed by atoms with Gasteiger partial charge >= 0.3 is 0 Å². The van der Waals surface area contributed by atoms with E-state index < -0.39 is 0 Å². The second-order valence-electron chi connectivity index (χ2n) is 4.81. The highest BCUT2D eigenvalue weighted by molar-refractivity contribution is 6.31. The zero-order chi connectivity index (χ0) is 14.4. The number of rotatable bonds is 8. The Balaban J connectivity index is 2.13. The molecule has 0 aliphatic rings. The van der Waals surface area contributed by atoms with Crippen LogP contribution in [0.15, 0.2) is 18.2 Å². The molecular weight excluding hydrogens is 295 g/mol. The van der Waals surface area contributed by atoms with E-state index in [0.29, 0.717) is 5.88 Å². The lowest BCUT2D eigenvalue weighted by atomic mass is 10.2. The zero-order valence-corrected chi connectivity index (χ0v) is 13.3. The van der Waals surface area contributed by atoms with Crippen molar-refractivity contribution in [3.63, 3.8) is 0 Å². The van der Waals surface area contributed by atoms with Gasteiger partial charge in [-0.3, -0.25) is 0 Å². The molecule has 0 amide bonds. The van der Waals surface area contributed by atoms with Gasteiger partial charge in [-0.2, -0.15) is 0 Å². The quantitative estimate of drug-likeness (QED) is 0.537. The summed E-state index contributed by atoms with van der Waals surface area (Å²) in [6.45, 7) is 1.79. The first-order valence-corrected chi connectivity index (χ1v) is 7.87. The van der Waals surface area contributed by atoms with Crippen LogP contribution in [0.4, 0.5) is 0 Å². The molecule has 2 rings (SSSR count). The fourth-order valence-electron chi connectivity index (χ4n) is 2.37. The number of unbranched alkanes of at least 4 members (excludes halogenated alkanes) is 2. The van der Waals surface area contributed by atoms with E-state index in [2.05, 4.69) is 9.55 Å². The maximum atomic E-state index is 6.03. The van der Waals surface area contributed by atoms with Gasteiger partial charge in [-0.15, -0.1) is 11.6 Å². The molecule has 0 saturated heterocycles. The molecule has 110 valence electrons. The molecule has 0 radical (unpaired) electrons. The molecule has 0 atom stereocenters. The van der Waals surface area contributed by atoms with Crippen LogP contribution in [0.5, 0.6) is 0 Å². The molecule has 3 nitrogen and oxygen atoms in total. The maximum absolute atomic E-state index is 6.03. The van der Waals surface area contributed by atoms with Gasteiger partial charge in [0.2, 0.25) is 0 Å². The number of benzene rings is 1. The summed E-state index contributed by atoms with van der Waals surface area (Å²) in [6.07, 6.45) is 4.15. The van der Waals surface area contributed by atoms with Crippen molar-refractivity contribution < 1.29 is 4.74 Å². The van der Waals surface area contributed by atoms with Crippen LogP contribution < -0.4 is 0 Å². The Kier molecular flexibility index (Phi) is 6.14. The first-order valence-electron chi connectivity index (χ1n) is 6.96. The van der Waals surface area contributed by atoms with Gasteiger partial charge in [0.25, 0.3) is 0 Å². The second-order valence-corrected chi connectivity index (χ2v) is 5.62. The molecular formula is C15H20Cl2N2O. The molecule has 0 unspecified atom stereocenters. The molecule has 0 saturated carbocycles. The predicted molar refractivity (Wildman–Crippen MR) is 84.9 cm³/mol. The van der Waals surface area contributed by atoms with Crippen molar-refractivity contribution in [2.24, 2.45) is 0 Å². The van der Waals surface area contributed by atoms with Gasteiger partial charge in [-0.25, -0.2) is 4.98 Å². The van der Waals surface area contributed by atoms with Gasteiger partial charge < -0.3 is 9.30 Å². The average molecular weight is 315 g/mol. The summed E-state index contributed by atoms with van der Waals surface area (Å²) in [6, 6.07) is 5.87. The van der Waals surface area contributed by atoms with Gasteiger partial charge in [-0.05, 0) is 37.5 Å². The highest BCUT2D eigenvalue weighted by atomic mass is 35.5. The van der Waals surface area contributed by atoms with E-state index in [9.17, 15) is 0 Å². The van der Waals surface area contributed by atoms with E-state index in [4.69, 9.17) is 27.9 Å². The first kappa shape index (κ1) is 15.6. The summed E-state index contributed by atoms with van der Waals surface area (Å²) in [4.78, 5) is 4.65. The Hall–Kier alpha value is -0.770. The first-order chi connectivity index (χ1) is 9.76. The zero-order valence-electron chi connectivity index (χ0n) is 11.7. The molecule has 0 fully saturated rings. The van der Waals surface area contributed by atoms with E-state index in [1.807, 2.05) is 18.2 Å². The van der Waals surface area contributed by atoms with Crippen LogP contribution in [0, 0.1) is 0 Å². The van der Waals surface area contributed by atoms with Crippen molar-refractivity contribution in [2.75, 3.05) is 19.6 Å². The standard InChI is InChI=1S/C15H20Cl2N2O/c1-20-10-4-2-3-9-19-14-6-5-12(17)11-13(14)18-15(19)7-8-16/h5-6,11H,2-4,7-10H2,1H3. The molecule has 0 aliphatic heterocycles. The number of hydrogen-bond acceptors (Lipinski definition) is 2.